The van der Waals surface area contributed by atoms with Crippen molar-refractivity contribution in [3.05, 3.63) is 41.0 Å². The highest BCUT2D eigenvalue weighted by Gasteiger charge is 2.74. The summed E-state index contributed by atoms with van der Waals surface area (Å²) in [5.74, 6) is 0.379. The Balaban J connectivity index is 1.12. The molecule has 1 unspecified atom stereocenters. The van der Waals surface area contributed by atoms with Crippen LogP contribution in [0.25, 0.3) is 6.08 Å². The van der Waals surface area contributed by atoms with Gasteiger partial charge in [0, 0.05) is 13.0 Å². The minimum atomic E-state index is -1.21. The number of benzene rings is 1. The number of fused-ring (bicyclic) bond motifs is 6. The summed E-state index contributed by atoms with van der Waals surface area (Å²) in [6.07, 6.45) is 6.21. The Morgan fingerprint density at radius 3 is 2.77 bits per heavy atom. The van der Waals surface area contributed by atoms with Crippen LogP contribution in [-0.2, 0) is 39.9 Å². The number of carbonyl (C=O) groups excluding carboxylic acids is 2. The summed E-state index contributed by atoms with van der Waals surface area (Å²) in [6, 6.07) is 7.32. The van der Waals surface area contributed by atoms with Gasteiger partial charge in [-0.3, -0.25) is 14.4 Å². The predicted octanol–water partition coefficient (Wildman–Crippen LogP) is 3.11. The minimum Gasteiger partial charge on any atom is -0.458 e. The monoisotopic (exact) mass is 608 g/mol. The number of hydrogen-bond donors (Lipinski definition) is 2. The lowest BCUT2D eigenvalue weighted by Crippen LogP contribution is -2.69. The molecule has 1 aromatic carbocycles. The molecule has 0 spiro atoms. The second-order valence-electron chi connectivity index (χ2n) is 14.9. The van der Waals surface area contributed by atoms with Crippen LogP contribution in [0.5, 0.6) is 0 Å². The van der Waals surface area contributed by atoms with Crippen LogP contribution in [0, 0.1) is 22.7 Å². The van der Waals surface area contributed by atoms with Crippen molar-refractivity contribution in [3.8, 4) is 0 Å². The Hall–Kier alpha value is -2.34. The summed E-state index contributed by atoms with van der Waals surface area (Å²) in [5, 5.41) is 13.9. The molecule has 44 heavy (non-hydrogen) atoms. The molecule has 0 aromatic heterocycles. The maximum atomic E-state index is 13.8. The predicted molar refractivity (Wildman–Crippen MR) is 157 cm³/mol. The van der Waals surface area contributed by atoms with E-state index in [2.05, 4.69) is 50.4 Å². The molecule has 3 saturated carbocycles. The molecule has 4 saturated heterocycles. The summed E-state index contributed by atoms with van der Waals surface area (Å²) in [6.45, 7) is 7.33. The van der Waals surface area contributed by atoms with Crippen LogP contribution >= 0.6 is 0 Å². The second-order valence-corrected chi connectivity index (χ2v) is 14.9. The normalized spacial score (nSPS) is 44.3. The van der Waals surface area contributed by atoms with E-state index in [1.54, 1.807) is 5.06 Å². The molecule has 10 heteroatoms. The van der Waals surface area contributed by atoms with Crippen LogP contribution in [0.1, 0.15) is 70.4 Å². The number of epoxide rings is 1. The van der Waals surface area contributed by atoms with E-state index in [1.807, 2.05) is 6.07 Å². The molecule has 1 amide bonds. The number of esters is 1. The molecule has 10 atom stereocenters. The van der Waals surface area contributed by atoms with E-state index in [1.165, 1.54) is 18.4 Å². The molecule has 4 heterocycles. The number of aliphatic hydroxyl groups is 1. The van der Waals surface area contributed by atoms with Crippen molar-refractivity contribution < 1.29 is 38.5 Å². The van der Waals surface area contributed by atoms with Gasteiger partial charge in [0.1, 0.15) is 36.6 Å². The van der Waals surface area contributed by atoms with Gasteiger partial charge in [0.15, 0.2) is 6.04 Å². The van der Waals surface area contributed by atoms with Gasteiger partial charge in [-0.25, -0.2) is 0 Å². The first-order valence-electron chi connectivity index (χ1n) is 16.4. The van der Waals surface area contributed by atoms with E-state index < -0.39 is 41.8 Å². The second kappa shape index (κ2) is 10.3. The molecular formula is C34H44N2O8. The van der Waals surface area contributed by atoms with Gasteiger partial charge in [0.2, 0.25) is 5.91 Å². The van der Waals surface area contributed by atoms with Gasteiger partial charge in [-0.15, -0.1) is 0 Å². The van der Waals surface area contributed by atoms with Crippen molar-refractivity contribution in [1.29, 1.82) is 0 Å². The Bertz CT molecular complexity index is 1380. The smallest absolute Gasteiger partial charge is 0.327 e. The van der Waals surface area contributed by atoms with Crippen LogP contribution in [0.15, 0.2) is 29.8 Å². The highest BCUT2D eigenvalue weighted by atomic mass is 16.8. The van der Waals surface area contributed by atoms with Crippen LogP contribution in [0.4, 0.5) is 0 Å². The number of nitrogens with one attached hydrogen (secondary N) is 1. The van der Waals surface area contributed by atoms with Gasteiger partial charge in [0.05, 0.1) is 24.9 Å². The Morgan fingerprint density at radius 1 is 1.14 bits per heavy atom. The number of hydrogen-bond acceptors (Lipinski definition) is 9. The molecule has 0 radical (unpaired) electrons. The summed E-state index contributed by atoms with van der Waals surface area (Å²) < 4.78 is 23.8. The number of nitrogens with zero attached hydrogens (tertiary/aromatic N) is 1. The topological polar surface area (TPSA) is 119 Å². The Morgan fingerprint density at radius 2 is 1.95 bits per heavy atom. The SMILES string of the molecule is CC1(C)C[C@@H]2C(=Cc3ccccc3CN3O[C@@H]4[C@H]5OCO[C@H]5[C@@H]5C[C@]4(C(=O)NCCO)[C@@H]3C(=O)O5)CCC3O[C@]3(C)CC[C@H]21. The van der Waals surface area contributed by atoms with Crippen molar-refractivity contribution >= 4 is 18.0 Å². The summed E-state index contributed by atoms with van der Waals surface area (Å²) in [7, 11) is 0. The van der Waals surface area contributed by atoms with E-state index in [4.69, 9.17) is 23.8 Å². The van der Waals surface area contributed by atoms with Crippen LogP contribution < -0.4 is 5.32 Å². The molecule has 7 fully saturated rings. The molecule has 3 aliphatic carbocycles. The van der Waals surface area contributed by atoms with Gasteiger partial charge in [-0.05, 0) is 67.4 Å². The average molecular weight is 609 g/mol. The fourth-order valence-electron chi connectivity index (χ4n) is 9.56. The van der Waals surface area contributed by atoms with Crippen molar-refractivity contribution in [3.63, 3.8) is 0 Å². The van der Waals surface area contributed by atoms with E-state index in [9.17, 15) is 14.7 Å². The van der Waals surface area contributed by atoms with Crippen LogP contribution in [0.2, 0.25) is 0 Å². The molecule has 2 bridgehead atoms. The first kappa shape index (κ1) is 29.1. The zero-order chi connectivity index (χ0) is 30.4. The molecule has 4 aliphatic heterocycles. The molecular weight excluding hydrogens is 564 g/mol. The lowest BCUT2D eigenvalue weighted by molar-refractivity contribution is -0.201. The Labute approximate surface area is 258 Å². The van der Waals surface area contributed by atoms with Crippen LogP contribution in [0.3, 0.4) is 0 Å². The number of allylic oxidation sites excluding steroid dienone is 1. The van der Waals surface area contributed by atoms with Crippen molar-refractivity contribution in [2.75, 3.05) is 19.9 Å². The third-order valence-electron chi connectivity index (χ3n) is 12.0. The maximum absolute atomic E-state index is 13.8. The highest BCUT2D eigenvalue weighted by molar-refractivity contribution is 5.93. The van der Waals surface area contributed by atoms with E-state index in [0.717, 1.165) is 30.4 Å². The standard InChI is InChI=1S/C34H44N2O8/c1-32(2)15-22-20(8-9-25-33(3,43-25)11-10-23(22)32)14-19-6-4-5-7-21(19)17-36-28-30(38)42-24-16-34(28,31(39)35-12-13-37)29(44-36)27-26(24)40-18-41-27/h4-7,14,22-29,37H,8-13,15-18H2,1-3H3,(H,35,39)/t22-,23-,24+,25?,26+,27+,28+,29-,33-,34+/m1/s1. The zero-order valence-corrected chi connectivity index (χ0v) is 25.8. The summed E-state index contributed by atoms with van der Waals surface area (Å²) >= 11 is 0. The third-order valence-corrected chi connectivity index (χ3v) is 12.0. The molecule has 238 valence electrons. The number of rotatable bonds is 6. The van der Waals surface area contributed by atoms with Gasteiger partial charge in [-0.1, -0.05) is 49.8 Å². The van der Waals surface area contributed by atoms with Gasteiger partial charge >= 0.3 is 5.97 Å². The molecule has 10 nitrogen and oxygen atoms in total. The van der Waals surface area contributed by atoms with Gasteiger partial charge < -0.3 is 29.4 Å². The number of amides is 1. The average Bonchev–Trinajstić information content (AvgIpc) is 3.30. The maximum Gasteiger partial charge on any atom is 0.327 e. The largest absolute Gasteiger partial charge is 0.458 e. The lowest BCUT2D eigenvalue weighted by Gasteiger charge is -2.53. The highest BCUT2D eigenvalue weighted by Crippen LogP contribution is 2.60. The number of aliphatic hydroxyl groups excluding tert-OH is 1. The van der Waals surface area contributed by atoms with Gasteiger partial charge in [-0.2, -0.15) is 5.06 Å². The quantitative estimate of drug-likeness (QED) is 0.371. The first-order valence-corrected chi connectivity index (χ1v) is 16.4. The molecule has 1 aromatic rings. The first-order chi connectivity index (χ1) is 21.1. The number of ether oxygens (including phenoxy) is 4. The summed E-state index contributed by atoms with van der Waals surface area (Å²) in [4.78, 5) is 34.0. The number of carbonyl (C=O) groups is 2. The molecule has 2 N–H and O–H groups in total. The van der Waals surface area contributed by atoms with Gasteiger partial charge in [0.25, 0.3) is 0 Å². The fraction of sp³-hybridized carbons (Fsp3) is 0.706. The minimum absolute atomic E-state index is 0.0353. The fourth-order valence-corrected chi connectivity index (χ4v) is 9.56. The van der Waals surface area contributed by atoms with Crippen molar-refractivity contribution in [2.45, 2.75) is 108 Å². The molecule has 8 rings (SSSR count). The third kappa shape index (κ3) is 4.36. The lowest BCUT2D eigenvalue weighted by atomic mass is 9.52. The van der Waals surface area contributed by atoms with Crippen molar-refractivity contribution in [1.82, 2.24) is 10.4 Å². The van der Waals surface area contributed by atoms with Crippen molar-refractivity contribution in [2.24, 2.45) is 22.7 Å². The van der Waals surface area contributed by atoms with E-state index >= 15 is 0 Å². The Kier molecular flexibility index (Phi) is 6.83. The summed E-state index contributed by atoms with van der Waals surface area (Å²) in [5.41, 5.74) is 2.74. The van der Waals surface area contributed by atoms with Crippen LogP contribution in [-0.4, -0.2) is 84.2 Å². The molecule has 7 aliphatic rings. The van der Waals surface area contributed by atoms with E-state index in [-0.39, 0.29) is 37.9 Å². The van der Waals surface area contributed by atoms with E-state index in [0.29, 0.717) is 29.9 Å². The zero-order valence-electron chi connectivity index (χ0n) is 25.8. The number of hydroxylamine groups is 2.